The Bertz CT molecular complexity index is 1220. The smallest absolute Gasteiger partial charge is 0.256 e. The van der Waals surface area contributed by atoms with Crippen molar-refractivity contribution in [3.05, 3.63) is 70.6 Å². The summed E-state index contributed by atoms with van der Waals surface area (Å²) >= 11 is 3.34. The number of aryl methyl sites for hydroxylation is 1. The standard InChI is InChI=1S/C19H13BrN6O/c1-25-11-15(10-22-25)26-18-7-14(4-3-13(18)9-23-26)24-19(27)16-5-2-12(8-21)6-17(16)20/h2-7,9-11H,1H3,(H,24,27). The van der Waals surface area contributed by atoms with Gasteiger partial charge in [-0.2, -0.15) is 15.5 Å². The van der Waals surface area contributed by atoms with Crippen LogP contribution >= 0.6 is 15.9 Å². The number of carbonyl (C=O) groups is 1. The van der Waals surface area contributed by atoms with Crippen molar-refractivity contribution in [1.29, 1.82) is 5.26 Å². The van der Waals surface area contributed by atoms with Gasteiger partial charge in [-0.25, -0.2) is 4.68 Å². The van der Waals surface area contributed by atoms with Gasteiger partial charge in [-0.1, -0.05) is 0 Å². The molecule has 4 aromatic rings. The molecule has 2 heterocycles. The maximum atomic E-state index is 12.6. The van der Waals surface area contributed by atoms with E-state index in [4.69, 9.17) is 5.26 Å². The third kappa shape index (κ3) is 3.20. The van der Waals surface area contributed by atoms with Gasteiger partial charge in [0.15, 0.2) is 0 Å². The van der Waals surface area contributed by atoms with E-state index in [0.29, 0.717) is 21.3 Å². The van der Waals surface area contributed by atoms with Crippen molar-refractivity contribution in [3.8, 4) is 11.8 Å². The topological polar surface area (TPSA) is 88.5 Å². The van der Waals surface area contributed by atoms with Crippen LogP contribution in [0.15, 0.2) is 59.5 Å². The van der Waals surface area contributed by atoms with E-state index in [2.05, 4.69) is 31.4 Å². The number of fused-ring (bicyclic) bond motifs is 1. The van der Waals surface area contributed by atoms with Gasteiger partial charge in [0.2, 0.25) is 0 Å². The van der Waals surface area contributed by atoms with E-state index in [1.54, 1.807) is 40.0 Å². The molecule has 8 heteroatoms. The lowest BCUT2D eigenvalue weighted by Gasteiger charge is -2.08. The molecule has 1 N–H and O–H groups in total. The van der Waals surface area contributed by atoms with Crippen LogP contribution in [-0.2, 0) is 7.05 Å². The van der Waals surface area contributed by atoms with Gasteiger partial charge in [-0.05, 0) is 52.3 Å². The third-order valence-corrected chi connectivity index (χ3v) is 4.76. The number of aromatic nitrogens is 4. The normalized spacial score (nSPS) is 10.7. The largest absolute Gasteiger partial charge is 0.322 e. The van der Waals surface area contributed by atoms with Gasteiger partial charge >= 0.3 is 0 Å². The van der Waals surface area contributed by atoms with Gasteiger partial charge in [0.25, 0.3) is 5.91 Å². The fraction of sp³-hybridized carbons (Fsp3) is 0.0526. The van der Waals surface area contributed by atoms with Crippen LogP contribution in [0.1, 0.15) is 15.9 Å². The van der Waals surface area contributed by atoms with Crippen LogP contribution in [0.2, 0.25) is 0 Å². The summed E-state index contributed by atoms with van der Waals surface area (Å²) in [6.45, 7) is 0. The summed E-state index contributed by atoms with van der Waals surface area (Å²) < 4.78 is 4.05. The second-order valence-electron chi connectivity index (χ2n) is 5.96. The van der Waals surface area contributed by atoms with E-state index in [1.807, 2.05) is 37.5 Å². The number of hydrogen-bond donors (Lipinski definition) is 1. The predicted molar refractivity (Wildman–Crippen MR) is 105 cm³/mol. The van der Waals surface area contributed by atoms with Crippen LogP contribution < -0.4 is 5.32 Å². The minimum absolute atomic E-state index is 0.266. The molecule has 0 unspecified atom stereocenters. The monoisotopic (exact) mass is 420 g/mol. The fourth-order valence-electron chi connectivity index (χ4n) is 2.79. The second-order valence-corrected chi connectivity index (χ2v) is 6.82. The molecular weight excluding hydrogens is 408 g/mol. The first-order valence-corrected chi connectivity index (χ1v) is 8.82. The van der Waals surface area contributed by atoms with E-state index >= 15 is 0 Å². The molecule has 0 saturated carbocycles. The number of hydrogen-bond acceptors (Lipinski definition) is 4. The highest BCUT2D eigenvalue weighted by atomic mass is 79.9. The molecule has 0 radical (unpaired) electrons. The Morgan fingerprint density at radius 2 is 2.04 bits per heavy atom. The molecule has 0 aliphatic rings. The van der Waals surface area contributed by atoms with Crippen molar-refractivity contribution in [2.24, 2.45) is 7.05 Å². The Morgan fingerprint density at radius 1 is 1.19 bits per heavy atom. The Morgan fingerprint density at radius 3 is 2.74 bits per heavy atom. The average Bonchev–Trinajstić information content (AvgIpc) is 3.27. The highest BCUT2D eigenvalue weighted by Crippen LogP contribution is 2.24. The molecule has 132 valence electrons. The summed E-state index contributed by atoms with van der Waals surface area (Å²) in [6.07, 6.45) is 5.36. The summed E-state index contributed by atoms with van der Waals surface area (Å²) in [5, 5.41) is 21.4. The van der Waals surface area contributed by atoms with Crippen molar-refractivity contribution in [3.63, 3.8) is 0 Å². The maximum Gasteiger partial charge on any atom is 0.256 e. The number of nitrogens with zero attached hydrogens (tertiary/aromatic N) is 5. The zero-order valence-electron chi connectivity index (χ0n) is 14.2. The summed E-state index contributed by atoms with van der Waals surface area (Å²) in [7, 11) is 1.84. The minimum atomic E-state index is -0.266. The van der Waals surface area contributed by atoms with Gasteiger partial charge in [-0.3, -0.25) is 9.48 Å². The lowest BCUT2D eigenvalue weighted by molar-refractivity contribution is 0.102. The van der Waals surface area contributed by atoms with E-state index in [-0.39, 0.29) is 5.91 Å². The second kappa shape index (κ2) is 6.70. The van der Waals surface area contributed by atoms with Crippen molar-refractivity contribution >= 4 is 38.4 Å². The molecule has 0 atom stereocenters. The molecular formula is C19H13BrN6O. The van der Waals surface area contributed by atoms with Crippen LogP contribution in [0.3, 0.4) is 0 Å². The van der Waals surface area contributed by atoms with Gasteiger partial charge in [0, 0.05) is 22.6 Å². The van der Waals surface area contributed by atoms with Crippen LogP contribution in [0, 0.1) is 11.3 Å². The number of nitrogens with one attached hydrogen (secondary N) is 1. The summed E-state index contributed by atoms with van der Waals surface area (Å²) in [4.78, 5) is 12.6. The third-order valence-electron chi connectivity index (χ3n) is 4.11. The predicted octanol–water partition coefficient (Wildman–Crippen LogP) is 3.65. The first-order chi connectivity index (χ1) is 13.0. The molecule has 0 aliphatic carbocycles. The Kier molecular flexibility index (Phi) is 4.22. The molecule has 0 fully saturated rings. The number of halogens is 1. The zero-order chi connectivity index (χ0) is 19.0. The molecule has 27 heavy (non-hydrogen) atoms. The first kappa shape index (κ1) is 17.0. The summed E-state index contributed by atoms with van der Waals surface area (Å²) in [6, 6.07) is 12.5. The quantitative estimate of drug-likeness (QED) is 0.547. The number of benzene rings is 2. The Hall–Kier alpha value is -3.44. The highest BCUT2D eigenvalue weighted by molar-refractivity contribution is 9.10. The lowest BCUT2D eigenvalue weighted by Crippen LogP contribution is -2.12. The Labute approximate surface area is 163 Å². The van der Waals surface area contributed by atoms with Gasteiger partial charge in [0.05, 0.1) is 41.3 Å². The van der Waals surface area contributed by atoms with Crippen LogP contribution in [0.4, 0.5) is 5.69 Å². The molecule has 0 aliphatic heterocycles. The molecule has 7 nitrogen and oxygen atoms in total. The fourth-order valence-corrected chi connectivity index (χ4v) is 3.35. The summed E-state index contributed by atoms with van der Waals surface area (Å²) in [5.74, 6) is -0.266. The van der Waals surface area contributed by atoms with E-state index in [1.165, 1.54) is 0 Å². The maximum absolute atomic E-state index is 12.6. The number of anilines is 1. The number of rotatable bonds is 3. The zero-order valence-corrected chi connectivity index (χ0v) is 15.8. The molecule has 0 saturated heterocycles. The van der Waals surface area contributed by atoms with E-state index in [0.717, 1.165) is 16.6 Å². The molecule has 1 amide bonds. The van der Waals surface area contributed by atoms with Gasteiger partial charge in [-0.15, -0.1) is 0 Å². The molecule has 4 rings (SSSR count). The van der Waals surface area contributed by atoms with Crippen molar-refractivity contribution in [2.45, 2.75) is 0 Å². The van der Waals surface area contributed by atoms with E-state index in [9.17, 15) is 4.79 Å². The number of amides is 1. The van der Waals surface area contributed by atoms with Crippen LogP contribution in [0.25, 0.3) is 16.6 Å². The van der Waals surface area contributed by atoms with Crippen LogP contribution in [0.5, 0.6) is 0 Å². The van der Waals surface area contributed by atoms with Crippen molar-refractivity contribution < 1.29 is 4.79 Å². The lowest BCUT2D eigenvalue weighted by atomic mass is 10.1. The van der Waals surface area contributed by atoms with Crippen LogP contribution in [-0.4, -0.2) is 25.5 Å². The van der Waals surface area contributed by atoms with E-state index < -0.39 is 0 Å². The van der Waals surface area contributed by atoms with Gasteiger partial charge in [0.1, 0.15) is 5.69 Å². The van der Waals surface area contributed by atoms with Gasteiger partial charge < -0.3 is 5.32 Å². The SMILES string of the molecule is Cn1cc(-n2ncc3ccc(NC(=O)c4ccc(C#N)cc4Br)cc32)cn1. The Balaban J connectivity index is 1.66. The molecule has 0 spiro atoms. The first-order valence-electron chi connectivity index (χ1n) is 8.03. The molecule has 2 aromatic heterocycles. The minimum Gasteiger partial charge on any atom is -0.322 e. The number of carbonyl (C=O) groups excluding carboxylic acids is 1. The average molecular weight is 421 g/mol. The van der Waals surface area contributed by atoms with Crippen molar-refractivity contribution in [2.75, 3.05) is 5.32 Å². The molecule has 2 aromatic carbocycles. The molecule has 0 bridgehead atoms. The highest BCUT2D eigenvalue weighted by Gasteiger charge is 2.13. The number of nitriles is 1. The van der Waals surface area contributed by atoms with Crippen molar-refractivity contribution in [1.82, 2.24) is 19.6 Å². The summed E-state index contributed by atoms with van der Waals surface area (Å²) in [5.41, 5.74) is 3.29.